The fourth-order valence-electron chi connectivity index (χ4n) is 4.53. The molecule has 0 bridgehead atoms. The second-order valence-electron chi connectivity index (χ2n) is 10.5. The molecule has 7 heteroatoms. The average molecular weight is 520 g/mol. The monoisotopic (exact) mass is 519 g/mol. The van der Waals surface area contributed by atoms with Gasteiger partial charge in [-0.1, -0.05) is 62.3 Å². The van der Waals surface area contributed by atoms with Crippen molar-refractivity contribution in [3.8, 4) is 5.75 Å². The number of phenolic OH excluding ortho intramolecular Hbond substituents is 1. The minimum absolute atomic E-state index is 0.0265. The van der Waals surface area contributed by atoms with E-state index in [4.69, 9.17) is 5.73 Å². The number of benzene rings is 1. The number of hydrogen-bond donors (Lipinski definition) is 4. The summed E-state index contributed by atoms with van der Waals surface area (Å²) in [5.41, 5.74) is 10.1. The number of primary amides is 1. The first-order valence-corrected chi connectivity index (χ1v) is 13.0. The van der Waals surface area contributed by atoms with Crippen LogP contribution in [0.15, 0.2) is 70.9 Å². The number of anilines is 2. The molecule has 0 saturated heterocycles. The zero-order valence-electron chi connectivity index (χ0n) is 23.4. The third-order valence-corrected chi connectivity index (χ3v) is 6.57. The Morgan fingerprint density at radius 1 is 1.08 bits per heavy atom. The normalized spacial score (nSPS) is 16.3. The Morgan fingerprint density at radius 3 is 2.42 bits per heavy atom. The lowest BCUT2D eigenvalue weighted by Crippen LogP contribution is -2.20. The lowest BCUT2D eigenvalue weighted by atomic mass is 9.72. The van der Waals surface area contributed by atoms with Gasteiger partial charge in [0.25, 0.3) is 5.91 Å². The first kappa shape index (κ1) is 30.4. The molecule has 1 aromatic rings. The van der Waals surface area contributed by atoms with Crippen molar-refractivity contribution in [2.75, 3.05) is 10.6 Å². The van der Waals surface area contributed by atoms with Crippen molar-refractivity contribution in [3.63, 3.8) is 0 Å². The molecule has 0 atom stereocenters. The zero-order valence-corrected chi connectivity index (χ0v) is 23.4. The van der Waals surface area contributed by atoms with E-state index in [-0.39, 0.29) is 40.4 Å². The van der Waals surface area contributed by atoms with E-state index in [9.17, 15) is 19.5 Å². The van der Waals surface area contributed by atoms with E-state index in [0.717, 1.165) is 12.0 Å². The summed E-state index contributed by atoms with van der Waals surface area (Å²) in [7, 11) is 0. The van der Waals surface area contributed by atoms with Crippen molar-refractivity contribution in [1.29, 1.82) is 0 Å². The average Bonchev–Trinajstić information content (AvgIpc) is 2.80. The molecule has 1 aliphatic carbocycles. The molecule has 0 fully saturated rings. The molecule has 0 aliphatic heterocycles. The molecule has 0 heterocycles. The maximum atomic E-state index is 12.7. The minimum Gasteiger partial charge on any atom is -0.506 e. The van der Waals surface area contributed by atoms with E-state index >= 15 is 0 Å². The minimum atomic E-state index is -0.803. The van der Waals surface area contributed by atoms with Crippen molar-refractivity contribution < 1.29 is 19.5 Å². The van der Waals surface area contributed by atoms with Gasteiger partial charge in [0.15, 0.2) is 0 Å². The largest absolute Gasteiger partial charge is 0.506 e. The van der Waals surface area contributed by atoms with Crippen LogP contribution in [0.5, 0.6) is 5.75 Å². The van der Waals surface area contributed by atoms with E-state index in [2.05, 4.69) is 43.6 Å². The zero-order chi connectivity index (χ0) is 28.5. The molecule has 0 spiro atoms. The highest BCUT2D eigenvalue weighted by molar-refractivity contribution is 6.12. The van der Waals surface area contributed by atoms with Gasteiger partial charge in [-0.15, -0.1) is 0 Å². The molecule has 1 aliphatic rings. The maximum absolute atomic E-state index is 12.7. The molecule has 204 valence electrons. The lowest BCUT2D eigenvalue weighted by molar-refractivity contribution is -0.116. The van der Waals surface area contributed by atoms with Gasteiger partial charge in [-0.2, -0.15) is 0 Å². The second-order valence-corrected chi connectivity index (χ2v) is 10.5. The number of rotatable bonds is 10. The summed E-state index contributed by atoms with van der Waals surface area (Å²) in [5.74, 6) is -1.98. The Morgan fingerprint density at radius 2 is 1.79 bits per heavy atom. The number of carbonyl (C=O) groups excluding carboxylic acids is 3. The van der Waals surface area contributed by atoms with Gasteiger partial charge in [0.1, 0.15) is 11.4 Å². The van der Waals surface area contributed by atoms with Gasteiger partial charge in [-0.3, -0.25) is 14.4 Å². The molecule has 0 aromatic heterocycles. The first-order chi connectivity index (χ1) is 17.9. The van der Waals surface area contributed by atoms with E-state index in [0.29, 0.717) is 12.0 Å². The van der Waals surface area contributed by atoms with Gasteiger partial charge in [-0.25, -0.2) is 0 Å². The molecule has 7 nitrogen and oxygen atoms in total. The summed E-state index contributed by atoms with van der Waals surface area (Å²) in [4.78, 5) is 36.8. The highest BCUT2D eigenvalue weighted by Crippen LogP contribution is 2.41. The van der Waals surface area contributed by atoms with Crippen LogP contribution in [0.25, 0.3) is 0 Å². The Kier molecular flexibility index (Phi) is 10.9. The third kappa shape index (κ3) is 8.61. The van der Waals surface area contributed by atoms with Crippen LogP contribution >= 0.6 is 0 Å². The van der Waals surface area contributed by atoms with Gasteiger partial charge < -0.3 is 21.5 Å². The lowest BCUT2D eigenvalue weighted by Gasteiger charge is -2.32. The predicted octanol–water partition coefficient (Wildman–Crippen LogP) is 6.70. The van der Waals surface area contributed by atoms with Crippen molar-refractivity contribution in [2.45, 2.75) is 73.6 Å². The fraction of sp³-hybridized carbons (Fsp3) is 0.387. The summed E-state index contributed by atoms with van der Waals surface area (Å²) < 4.78 is 0. The van der Waals surface area contributed by atoms with Crippen LogP contribution in [0.2, 0.25) is 0 Å². The second kappa shape index (κ2) is 13.6. The molecule has 38 heavy (non-hydrogen) atoms. The Hall–Kier alpha value is -3.87. The van der Waals surface area contributed by atoms with Gasteiger partial charge in [0.2, 0.25) is 11.8 Å². The molecular weight excluding hydrogens is 478 g/mol. The number of phenols is 1. The molecule has 0 radical (unpaired) electrons. The quantitative estimate of drug-likeness (QED) is 0.156. The number of aromatic hydroxyl groups is 1. The Bertz CT molecular complexity index is 1230. The number of carbonyl (C=O) groups is 3. The summed E-state index contributed by atoms with van der Waals surface area (Å²) in [6.45, 7) is 12.4. The molecule has 1 aromatic carbocycles. The van der Waals surface area contributed by atoms with Gasteiger partial charge >= 0.3 is 0 Å². The predicted molar refractivity (Wildman–Crippen MR) is 155 cm³/mol. The SMILES string of the molecule is CCCC(=O)Nc1c(O)ccc(C(N)=O)c1NC(=O)C=C(C)C=CC=C(C)C=CC1=C(C)CCCC1(C)C. The standard InChI is InChI=1S/C31H41N3O4/c1-7-10-26(36)33-29-25(35)17-15-23(30(32)38)28(29)34-27(37)19-21(3)12-8-11-20(2)14-16-24-22(4)13-9-18-31(24,5)6/h8,11-12,14-17,19,35H,7,9-10,13,18H2,1-6H3,(H2,32,38)(H,33,36)(H,34,37). The van der Waals surface area contributed by atoms with E-state index in [1.807, 2.05) is 26.0 Å². The molecular formula is C31H41N3O4. The molecule has 0 unspecified atom stereocenters. The van der Waals surface area contributed by atoms with Gasteiger partial charge in [0, 0.05) is 12.5 Å². The number of allylic oxidation sites excluding steroid dienone is 9. The number of amides is 3. The van der Waals surface area contributed by atoms with Crippen molar-refractivity contribution in [1.82, 2.24) is 0 Å². The topological polar surface area (TPSA) is 122 Å². The van der Waals surface area contributed by atoms with Crippen molar-refractivity contribution in [2.24, 2.45) is 11.1 Å². The van der Waals surface area contributed by atoms with E-state index in [1.165, 1.54) is 42.2 Å². The third-order valence-electron chi connectivity index (χ3n) is 6.57. The van der Waals surface area contributed by atoms with Crippen LogP contribution in [0, 0.1) is 5.41 Å². The van der Waals surface area contributed by atoms with Crippen molar-refractivity contribution >= 4 is 29.1 Å². The summed E-state index contributed by atoms with van der Waals surface area (Å²) in [5, 5.41) is 15.4. The highest BCUT2D eigenvalue weighted by atomic mass is 16.3. The van der Waals surface area contributed by atoms with Crippen molar-refractivity contribution in [3.05, 3.63) is 76.4 Å². The number of nitrogens with two attached hydrogens (primary N) is 1. The fourth-order valence-corrected chi connectivity index (χ4v) is 4.53. The first-order valence-electron chi connectivity index (χ1n) is 13.0. The Labute approximate surface area is 226 Å². The van der Waals surface area contributed by atoms with Crippen LogP contribution < -0.4 is 16.4 Å². The van der Waals surface area contributed by atoms with Crippen LogP contribution in [0.4, 0.5) is 11.4 Å². The number of hydrogen-bond acceptors (Lipinski definition) is 4. The molecule has 0 saturated carbocycles. The van der Waals surface area contributed by atoms with E-state index < -0.39 is 11.8 Å². The molecule has 3 amide bonds. The Balaban J connectivity index is 2.18. The summed E-state index contributed by atoms with van der Waals surface area (Å²) in [6.07, 6.45) is 15.7. The van der Waals surface area contributed by atoms with Crippen LogP contribution in [0.1, 0.15) is 84.0 Å². The smallest absolute Gasteiger partial charge is 0.250 e. The van der Waals surface area contributed by atoms with Gasteiger partial charge in [0.05, 0.1) is 11.3 Å². The van der Waals surface area contributed by atoms with Crippen LogP contribution in [-0.4, -0.2) is 22.8 Å². The summed E-state index contributed by atoms with van der Waals surface area (Å²) >= 11 is 0. The summed E-state index contributed by atoms with van der Waals surface area (Å²) in [6, 6.07) is 2.55. The van der Waals surface area contributed by atoms with Crippen LogP contribution in [0.3, 0.4) is 0 Å². The van der Waals surface area contributed by atoms with E-state index in [1.54, 1.807) is 13.0 Å². The molecule has 5 N–H and O–H groups in total. The maximum Gasteiger partial charge on any atom is 0.250 e. The molecule has 2 rings (SSSR count). The highest BCUT2D eigenvalue weighted by Gasteiger charge is 2.26. The van der Waals surface area contributed by atoms with Gasteiger partial charge in [-0.05, 0) is 75.1 Å². The van der Waals surface area contributed by atoms with Crippen LogP contribution in [-0.2, 0) is 9.59 Å². The number of nitrogens with one attached hydrogen (secondary N) is 2.